The molecule has 0 saturated heterocycles. The zero-order chi connectivity index (χ0) is 11.0. The van der Waals surface area contributed by atoms with Crippen LogP contribution < -0.4 is 0 Å². The summed E-state index contributed by atoms with van der Waals surface area (Å²) in [6, 6.07) is 11.6. The third-order valence-electron chi connectivity index (χ3n) is 2.39. The molecule has 3 nitrogen and oxygen atoms in total. The van der Waals surface area contributed by atoms with Gasteiger partial charge in [-0.1, -0.05) is 23.7 Å². The number of imidazole rings is 1. The molecule has 0 bridgehead atoms. The van der Waals surface area contributed by atoms with E-state index in [2.05, 4.69) is 15.0 Å². The number of aromatic amines is 1. The van der Waals surface area contributed by atoms with E-state index in [9.17, 15) is 0 Å². The van der Waals surface area contributed by atoms with Crippen LogP contribution in [0.3, 0.4) is 0 Å². The van der Waals surface area contributed by atoms with Crippen molar-refractivity contribution in [3.63, 3.8) is 0 Å². The number of para-hydroxylation sites is 2. The highest BCUT2D eigenvalue weighted by atomic mass is 35.5. The van der Waals surface area contributed by atoms with E-state index in [0.717, 1.165) is 22.4 Å². The number of halogens is 1. The van der Waals surface area contributed by atoms with Gasteiger partial charge in [0.15, 0.2) is 0 Å². The summed E-state index contributed by atoms with van der Waals surface area (Å²) < 4.78 is 0. The predicted octanol–water partition coefficient (Wildman–Crippen LogP) is 3.28. The molecule has 2 heterocycles. The minimum atomic E-state index is 0.470. The van der Waals surface area contributed by atoms with E-state index in [1.165, 1.54) is 0 Å². The molecule has 1 aromatic carbocycles. The van der Waals surface area contributed by atoms with E-state index in [4.69, 9.17) is 11.6 Å². The number of hydrogen-bond acceptors (Lipinski definition) is 2. The van der Waals surface area contributed by atoms with E-state index in [-0.39, 0.29) is 0 Å². The SMILES string of the molecule is Clc1cc(-c2nc3ccccc3[nH]2)ccn1. The number of aromatic nitrogens is 3. The smallest absolute Gasteiger partial charge is 0.138 e. The Hall–Kier alpha value is -1.87. The summed E-state index contributed by atoms with van der Waals surface area (Å²) >= 11 is 5.84. The van der Waals surface area contributed by atoms with Gasteiger partial charge in [0.1, 0.15) is 11.0 Å². The van der Waals surface area contributed by atoms with E-state index < -0.39 is 0 Å². The number of rotatable bonds is 1. The molecule has 3 rings (SSSR count). The fourth-order valence-corrected chi connectivity index (χ4v) is 1.81. The van der Waals surface area contributed by atoms with Gasteiger partial charge in [-0.05, 0) is 24.3 Å². The molecule has 78 valence electrons. The van der Waals surface area contributed by atoms with Crippen LogP contribution in [0.5, 0.6) is 0 Å². The summed E-state index contributed by atoms with van der Waals surface area (Å²) in [6.07, 6.45) is 1.67. The number of nitrogens with zero attached hydrogens (tertiary/aromatic N) is 2. The van der Waals surface area contributed by atoms with Crippen LogP contribution in [0.25, 0.3) is 22.4 Å². The van der Waals surface area contributed by atoms with Crippen molar-refractivity contribution >= 4 is 22.6 Å². The van der Waals surface area contributed by atoms with Crippen LogP contribution in [-0.4, -0.2) is 15.0 Å². The lowest BCUT2D eigenvalue weighted by Gasteiger charge is -1.95. The molecule has 0 fully saturated rings. The van der Waals surface area contributed by atoms with Gasteiger partial charge in [0, 0.05) is 11.8 Å². The van der Waals surface area contributed by atoms with Gasteiger partial charge < -0.3 is 4.98 Å². The molecule has 0 atom stereocenters. The first kappa shape index (κ1) is 9.36. The summed E-state index contributed by atoms with van der Waals surface area (Å²) in [4.78, 5) is 11.7. The lowest BCUT2D eigenvalue weighted by atomic mass is 10.2. The van der Waals surface area contributed by atoms with Crippen LogP contribution in [-0.2, 0) is 0 Å². The van der Waals surface area contributed by atoms with E-state index in [1.54, 1.807) is 12.3 Å². The molecule has 0 aliphatic heterocycles. The fraction of sp³-hybridized carbons (Fsp3) is 0. The second-order valence-electron chi connectivity index (χ2n) is 3.47. The number of H-pyrrole nitrogens is 1. The van der Waals surface area contributed by atoms with Crippen molar-refractivity contribution in [2.24, 2.45) is 0 Å². The predicted molar refractivity (Wildman–Crippen MR) is 64.3 cm³/mol. The largest absolute Gasteiger partial charge is 0.338 e. The van der Waals surface area contributed by atoms with E-state index in [0.29, 0.717) is 5.15 Å². The second-order valence-corrected chi connectivity index (χ2v) is 3.86. The summed E-state index contributed by atoms with van der Waals surface area (Å²) in [5.74, 6) is 0.811. The van der Waals surface area contributed by atoms with Crippen molar-refractivity contribution in [3.05, 3.63) is 47.7 Å². The highest BCUT2D eigenvalue weighted by molar-refractivity contribution is 6.29. The third-order valence-corrected chi connectivity index (χ3v) is 2.60. The topological polar surface area (TPSA) is 41.6 Å². The van der Waals surface area contributed by atoms with Crippen LogP contribution in [0.2, 0.25) is 5.15 Å². The Kier molecular flexibility index (Phi) is 2.11. The Labute approximate surface area is 97.1 Å². The number of pyridine rings is 1. The molecule has 0 unspecified atom stereocenters. The van der Waals surface area contributed by atoms with Crippen LogP contribution >= 0.6 is 11.6 Å². The van der Waals surface area contributed by atoms with Crippen LogP contribution in [0.1, 0.15) is 0 Å². The van der Waals surface area contributed by atoms with Gasteiger partial charge in [0.05, 0.1) is 11.0 Å². The van der Waals surface area contributed by atoms with Gasteiger partial charge in [0.25, 0.3) is 0 Å². The van der Waals surface area contributed by atoms with E-state index in [1.807, 2.05) is 30.3 Å². The zero-order valence-electron chi connectivity index (χ0n) is 8.31. The van der Waals surface area contributed by atoms with Crippen molar-refractivity contribution in [3.8, 4) is 11.4 Å². The molecule has 3 aromatic rings. The van der Waals surface area contributed by atoms with Gasteiger partial charge in [0.2, 0.25) is 0 Å². The maximum atomic E-state index is 5.84. The van der Waals surface area contributed by atoms with Crippen molar-refractivity contribution in [2.45, 2.75) is 0 Å². The maximum absolute atomic E-state index is 5.84. The molecule has 0 aliphatic rings. The normalized spacial score (nSPS) is 10.8. The molecular formula is C12H8ClN3. The molecular weight excluding hydrogens is 222 g/mol. The summed E-state index contributed by atoms with van der Waals surface area (Å²) in [5, 5.41) is 0.470. The first-order chi connectivity index (χ1) is 7.83. The first-order valence-electron chi connectivity index (χ1n) is 4.89. The fourth-order valence-electron chi connectivity index (χ4n) is 1.64. The Morgan fingerprint density at radius 3 is 2.81 bits per heavy atom. The quantitative estimate of drug-likeness (QED) is 0.651. The van der Waals surface area contributed by atoms with Gasteiger partial charge in [-0.2, -0.15) is 0 Å². The Balaban J connectivity index is 2.19. The first-order valence-corrected chi connectivity index (χ1v) is 5.27. The number of fused-ring (bicyclic) bond motifs is 1. The average Bonchev–Trinajstić information content (AvgIpc) is 2.72. The summed E-state index contributed by atoms with van der Waals surface area (Å²) in [6.45, 7) is 0. The number of benzene rings is 1. The molecule has 2 aromatic heterocycles. The van der Waals surface area contributed by atoms with Crippen molar-refractivity contribution in [1.29, 1.82) is 0 Å². The Morgan fingerprint density at radius 1 is 1.12 bits per heavy atom. The summed E-state index contributed by atoms with van der Waals surface area (Å²) in [5.41, 5.74) is 2.91. The van der Waals surface area contributed by atoms with Gasteiger partial charge in [-0.3, -0.25) is 0 Å². The molecule has 0 saturated carbocycles. The maximum Gasteiger partial charge on any atom is 0.138 e. The highest BCUT2D eigenvalue weighted by Crippen LogP contribution is 2.21. The van der Waals surface area contributed by atoms with Gasteiger partial charge in [-0.15, -0.1) is 0 Å². The number of hydrogen-bond donors (Lipinski definition) is 1. The monoisotopic (exact) mass is 229 g/mol. The van der Waals surface area contributed by atoms with Crippen molar-refractivity contribution < 1.29 is 0 Å². The molecule has 0 aliphatic carbocycles. The average molecular weight is 230 g/mol. The molecule has 0 radical (unpaired) electrons. The van der Waals surface area contributed by atoms with Crippen molar-refractivity contribution in [1.82, 2.24) is 15.0 Å². The Morgan fingerprint density at radius 2 is 2.00 bits per heavy atom. The van der Waals surface area contributed by atoms with Crippen molar-refractivity contribution in [2.75, 3.05) is 0 Å². The highest BCUT2D eigenvalue weighted by Gasteiger charge is 2.04. The van der Waals surface area contributed by atoms with Crippen LogP contribution in [0.4, 0.5) is 0 Å². The molecule has 0 spiro atoms. The van der Waals surface area contributed by atoms with Crippen LogP contribution in [0.15, 0.2) is 42.6 Å². The molecule has 16 heavy (non-hydrogen) atoms. The molecule has 1 N–H and O–H groups in total. The van der Waals surface area contributed by atoms with Crippen LogP contribution in [0, 0.1) is 0 Å². The minimum Gasteiger partial charge on any atom is -0.338 e. The minimum absolute atomic E-state index is 0.470. The zero-order valence-corrected chi connectivity index (χ0v) is 9.07. The third kappa shape index (κ3) is 1.55. The number of nitrogens with one attached hydrogen (secondary N) is 1. The molecule has 4 heteroatoms. The second kappa shape index (κ2) is 3.61. The standard InChI is InChI=1S/C12H8ClN3/c13-11-7-8(5-6-14-11)12-15-9-3-1-2-4-10(9)16-12/h1-7H,(H,15,16). The van der Waals surface area contributed by atoms with Gasteiger partial charge >= 0.3 is 0 Å². The lowest BCUT2D eigenvalue weighted by molar-refractivity contribution is 1.28. The summed E-state index contributed by atoms with van der Waals surface area (Å²) in [7, 11) is 0. The van der Waals surface area contributed by atoms with Gasteiger partial charge in [-0.25, -0.2) is 9.97 Å². The Bertz CT molecular complexity index is 612. The van der Waals surface area contributed by atoms with E-state index >= 15 is 0 Å². The lowest BCUT2D eigenvalue weighted by Crippen LogP contribution is -1.81. The molecule has 0 amide bonds.